The summed E-state index contributed by atoms with van der Waals surface area (Å²) >= 11 is 0. The van der Waals surface area contributed by atoms with Crippen LogP contribution in [0.1, 0.15) is 49.4 Å². The van der Waals surface area contributed by atoms with Gasteiger partial charge in [-0.05, 0) is 39.0 Å². The van der Waals surface area contributed by atoms with E-state index in [1.165, 1.54) is 38.6 Å². The molecule has 0 amide bonds. The Kier molecular flexibility index (Phi) is 3.23. The van der Waals surface area contributed by atoms with Crippen molar-refractivity contribution in [2.75, 3.05) is 23.8 Å². The maximum Gasteiger partial charge on any atom is 0.148 e. The standard InChI is InChI=1S/C15H24N6/c1-9-13(17-11-6-7-21(8-11)12-4-5-12)18-15(10-2-3-10)19-14(9)20-16/h10-12H,2-8,16H2,1H3,(H2,17,18,19,20). The second kappa shape index (κ2) is 5.10. The van der Waals surface area contributed by atoms with Crippen LogP contribution >= 0.6 is 0 Å². The third kappa shape index (κ3) is 2.70. The minimum atomic E-state index is 0.497. The van der Waals surface area contributed by atoms with E-state index in [4.69, 9.17) is 10.8 Å². The topological polar surface area (TPSA) is 79.1 Å². The van der Waals surface area contributed by atoms with Crippen LogP contribution in [0.25, 0.3) is 0 Å². The highest BCUT2D eigenvalue weighted by Crippen LogP contribution is 2.39. The van der Waals surface area contributed by atoms with Gasteiger partial charge in [-0.1, -0.05) is 0 Å². The number of rotatable bonds is 5. The number of aromatic nitrogens is 2. The molecule has 3 aliphatic rings. The molecule has 1 saturated heterocycles. The summed E-state index contributed by atoms with van der Waals surface area (Å²) in [6.07, 6.45) is 6.36. The SMILES string of the molecule is Cc1c(NN)nc(C2CC2)nc1NC1CCN(C2CC2)C1. The van der Waals surface area contributed by atoms with Crippen molar-refractivity contribution in [2.24, 2.45) is 5.84 Å². The van der Waals surface area contributed by atoms with E-state index in [1.54, 1.807) is 0 Å². The van der Waals surface area contributed by atoms with E-state index in [0.717, 1.165) is 35.6 Å². The van der Waals surface area contributed by atoms with Gasteiger partial charge in [-0.25, -0.2) is 15.8 Å². The van der Waals surface area contributed by atoms with Gasteiger partial charge in [0.1, 0.15) is 17.5 Å². The van der Waals surface area contributed by atoms with E-state index in [2.05, 4.69) is 20.6 Å². The minimum absolute atomic E-state index is 0.497. The Morgan fingerprint density at radius 1 is 1.10 bits per heavy atom. The molecular formula is C15H24N6. The first-order valence-electron chi connectivity index (χ1n) is 8.10. The Labute approximate surface area is 125 Å². The first-order chi connectivity index (χ1) is 10.2. The third-order valence-corrected chi connectivity index (χ3v) is 4.87. The van der Waals surface area contributed by atoms with Crippen molar-refractivity contribution >= 4 is 11.6 Å². The molecule has 4 N–H and O–H groups in total. The Morgan fingerprint density at radius 2 is 1.86 bits per heavy atom. The second-order valence-electron chi connectivity index (χ2n) is 6.68. The Balaban J connectivity index is 1.51. The van der Waals surface area contributed by atoms with Gasteiger partial charge < -0.3 is 10.7 Å². The molecule has 6 nitrogen and oxygen atoms in total. The number of nitrogens with two attached hydrogens (primary N) is 1. The zero-order chi connectivity index (χ0) is 14.4. The summed E-state index contributed by atoms with van der Waals surface area (Å²) in [7, 11) is 0. The zero-order valence-corrected chi connectivity index (χ0v) is 12.6. The number of anilines is 2. The first kappa shape index (κ1) is 13.3. The predicted octanol–water partition coefficient (Wildman–Crippen LogP) is 1.60. The Bertz CT molecular complexity index is 537. The smallest absolute Gasteiger partial charge is 0.148 e. The summed E-state index contributed by atoms with van der Waals surface area (Å²) in [4.78, 5) is 11.9. The highest BCUT2D eigenvalue weighted by Gasteiger charge is 2.35. The summed E-state index contributed by atoms with van der Waals surface area (Å²) in [6, 6.07) is 1.35. The van der Waals surface area contributed by atoms with Gasteiger partial charge in [-0.2, -0.15) is 0 Å². The predicted molar refractivity (Wildman–Crippen MR) is 83.2 cm³/mol. The minimum Gasteiger partial charge on any atom is -0.366 e. The molecule has 1 unspecified atom stereocenters. The van der Waals surface area contributed by atoms with Crippen molar-refractivity contribution in [2.45, 2.75) is 57.0 Å². The van der Waals surface area contributed by atoms with Gasteiger partial charge in [-0.15, -0.1) is 0 Å². The Morgan fingerprint density at radius 3 is 2.52 bits per heavy atom. The molecule has 1 aromatic heterocycles. The van der Waals surface area contributed by atoms with Crippen molar-refractivity contribution in [3.8, 4) is 0 Å². The maximum absolute atomic E-state index is 5.61. The number of nitrogens with zero attached hydrogens (tertiary/aromatic N) is 3. The summed E-state index contributed by atoms with van der Waals surface area (Å²) < 4.78 is 0. The van der Waals surface area contributed by atoms with Crippen LogP contribution in [-0.2, 0) is 0 Å². The van der Waals surface area contributed by atoms with E-state index < -0.39 is 0 Å². The average molecular weight is 288 g/mol. The van der Waals surface area contributed by atoms with Gasteiger partial charge in [0.2, 0.25) is 0 Å². The van der Waals surface area contributed by atoms with Gasteiger partial charge in [-0.3, -0.25) is 4.90 Å². The van der Waals surface area contributed by atoms with Crippen molar-refractivity contribution < 1.29 is 0 Å². The number of hydrogen-bond acceptors (Lipinski definition) is 6. The van der Waals surface area contributed by atoms with E-state index in [9.17, 15) is 0 Å². The lowest BCUT2D eigenvalue weighted by Crippen LogP contribution is -2.28. The summed E-state index contributed by atoms with van der Waals surface area (Å²) in [6.45, 7) is 4.38. The fourth-order valence-corrected chi connectivity index (χ4v) is 3.21. The van der Waals surface area contributed by atoms with Crippen molar-refractivity contribution in [1.82, 2.24) is 14.9 Å². The third-order valence-electron chi connectivity index (χ3n) is 4.87. The fourth-order valence-electron chi connectivity index (χ4n) is 3.21. The largest absolute Gasteiger partial charge is 0.366 e. The van der Waals surface area contributed by atoms with Gasteiger partial charge in [0, 0.05) is 36.7 Å². The molecule has 1 aromatic rings. The van der Waals surface area contributed by atoms with E-state index in [1.807, 2.05) is 6.92 Å². The van der Waals surface area contributed by atoms with Crippen LogP contribution in [0.4, 0.5) is 11.6 Å². The van der Waals surface area contributed by atoms with Gasteiger partial charge in [0.25, 0.3) is 0 Å². The van der Waals surface area contributed by atoms with Crippen molar-refractivity contribution in [3.05, 3.63) is 11.4 Å². The molecule has 0 spiro atoms. The quantitative estimate of drug-likeness (QED) is 0.564. The molecule has 114 valence electrons. The number of nitrogens with one attached hydrogen (secondary N) is 2. The van der Waals surface area contributed by atoms with Gasteiger partial charge in [0.15, 0.2) is 0 Å². The van der Waals surface area contributed by atoms with Gasteiger partial charge >= 0.3 is 0 Å². The van der Waals surface area contributed by atoms with Crippen LogP contribution in [0, 0.1) is 6.92 Å². The van der Waals surface area contributed by atoms with Gasteiger partial charge in [0.05, 0.1) is 0 Å². The zero-order valence-electron chi connectivity index (χ0n) is 12.6. The van der Waals surface area contributed by atoms with Crippen LogP contribution in [0.5, 0.6) is 0 Å². The molecule has 3 fully saturated rings. The summed E-state index contributed by atoms with van der Waals surface area (Å²) in [5.74, 6) is 8.80. The van der Waals surface area contributed by atoms with Crippen LogP contribution < -0.4 is 16.6 Å². The normalized spacial score (nSPS) is 26.1. The first-order valence-corrected chi connectivity index (χ1v) is 8.10. The maximum atomic E-state index is 5.61. The van der Waals surface area contributed by atoms with Crippen LogP contribution in [0.3, 0.4) is 0 Å². The average Bonchev–Trinajstić information content (AvgIpc) is 3.40. The van der Waals surface area contributed by atoms with Crippen molar-refractivity contribution in [1.29, 1.82) is 0 Å². The van der Waals surface area contributed by atoms with Crippen LogP contribution in [0.15, 0.2) is 0 Å². The van der Waals surface area contributed by atoms with E-state index >= 15 is 0 Å². The molecule has 6 heteroatoms. The highest BCUT2D eigenvalue weighted by atomic mass is 15.3. The molecule has 1 aliphatic heterocycles. The molecule has 0 radical (unpaired) electrons. The molecular weight excluding hydrogens is 264 g/mol. The Hall–Kier alpha value is -1.40. The number of hydrazine groups is 1. The highest BCUT2D eigenvalue weighted by molar-refractivity contribution is 5.57. The number of likely N-dealkylation sites (tertiary alicyclic amines) is 1. The summed E-state index contributed by atoms with van der Waals surface area (Å²) in [5, 5.41) is 3.63. The molecule has 0 bridgehead atoms. The second-order valence-corrected chi connectivity index (χ2v) is 6.68. The summed E-state index contributed by atoms with van der Waals surface area (Å²) in [5.41, 5.74) is 3.74. The van der Waals surface area contributed by atoms with Crippen LogP contribution in [0.2, 0.25) is 0 Å². The molecule has 21 heavy (non-hydrogen) atoms. The van der Waals surface area contributed by atoms with Crippen molar-refractivity contribution in [3.63, 3.8) is 0 Å². The van der Waals surface area contributed by atoms with E-state index in [0.29, 0.717) is 12.0 Å². The van der Waals surface area contributed by atoms with Crippen LogP contribution in [-0.4, -0.2) is 40.0 Å². The molecule has 4 rings (SSSR count). The lowest BCUT2D eigenvalue weighted by Gasteiger charge is -2.19. The number of nitrogen functional groups attached to an aromatic ring is 1. The molecule has 1 atom stereocenters. The molecule has 0 aromatic carbocycles. The lowest BCUT2D eigenvalue weighted by molar-refractivity contribution is 0.326. The fraction of sp³-hybridized carbons (Fsp3) is 0.733. The molecule has 2 heterocycles. The lowest BCUT2D eigenvalue weighted by atomic mass is 10.2. The molecule has 2 saturated carbocycles. The number of hydrogen-bond donors (Lipinski definition) is 3. The molecule has 2 aliphatic carbocycles. The van der Waals surface area contributed by atoms with E-state index in [-0.39, 0.29) is 0 Å². The monoisotopic (exact) mass is 288 g/mol.